The van der Waals surface area contributed by atoms with Crippen molar-refractivity contribution in [1.82, 2.24) is 0 Å². The van der Waals surface area contributed by atoms with Crippen LogP contribution in [0.2, 0.25) is 5.02 Å². The van der Waals surface area contributed by atoms with Crippen LogP contribution in [0.5, 0.6) is 0 Å². The first-order chi connectivity index (χ1) is 8.09. The second-order valence-electron chi connectivity index (χ2n) is 5.70. The number of benzene rings is 1. The zero-order chi connectivity index (χ0) is 12.2. The zero-order valence-corrected chi connectivity index (χ0v) is 11.9. The summed E-state index contributed by atoms with van der Waals surface area (Å²) in [5.41, 5.74) is 3.69. The summed E-state index contributed by atoms with van der Waals surface area (Å²) in [7, 11) is 0. The second kappa shape index (κ2) is 4.17. The minimum absolute atomic E-state index is 0.122. The van der Waals surface area contributed by atoms with Crippen LogP contribution < -0.4 is 0 Å². The van der Waals surface area contributed by atoms with Crippen LogP contribution >= 0.6 is 23.2 Å². The van der Waals surface area contributed by atoms with E-state index in [0.29, 0.717) is 5.92 Å². The van der Waals surface area contributed by atoms with E-state index < -0.39 is 0 Å². The van der Waals surface area contributed by atoms with Crippen molar-refractivity contribution in [3.05, 3.63) is 33.8 Å². The van der Waals surface area contributed by atoms with Gasteiger partial charge in [0.05, 0.1) is 5.38 Å². The number of aryl methyl sites for hydroxylation is 2. The van der Waals surface area contributed by atoms with Crippen LogP contribution in [0.25, 0.3) is 0 Å². The van der Waals surface area contributed by atoms with E-state index in [-0.39, 0.29) is 5.38 Å². The largest absolute Gasteiger partial charge is 0.117 e. The Balaban J connectivity index is 1.87. The molecule has 0 nitrogen and oxygen atoms in total. The topological polar surface area (TPSA) is 0 Å². The van der Waals surface area contributed by atoms with Gasteiger partial charge in [0.2, 0.25) is 0 Å². The molecule has 0 amide bonds. The lowest BCUT2D eigenvalue weighted by atomic mass is 9.98. The molecule has 0 aliphatic heterocycles. The third-order valence-electron chi connectivity index (χ3n) is 4.72. The minimum Gasteiger partial charge on any atom is -0.117 e. The molecule has 1 aromatic rings. The average Bonchev–Trinajstić information content (AvgIpc) is 2.76. The predicted molar refractivity (Wildman–Crippen MR) is 73.8 cm³/mol. The maximum absolute atomic E-state index is 6.65. The molecule has 0 heterocycles. The van der Waals surface area contributed by atoms with Crippen LogP contribution in [0.4, 0.5) is 0 Å². The van der Waals surface area contributed by atoms with E-state index in [1.165, 1.54) is 30.4 Å². The molecule has 2 fully saturated rings. The molecule has 3 unspecified atom stereocenters. The van der Waals surface area contributed by atoms with E-state index in [0.717, 1.165) is 22.4 Å². The van der Waals surface area contributed by atoms with E-state index in [1.807, 2.05) is 0 Å². The smallest absolute Gasteiger partial charge is 0.0633 e. The van der Waals surface area contributed by atoms with E-state index in [1.54, 1.807) is 0 Å². The van der Waals surface area contributed by atoms with Crippen molar-refractivity contribution < 1.29 is 0 Å². The fraction of sp³-hybridized carbons (Fsp3) is 0.600. The Kier molecular flexibility index (Phi) is 2.91. The van der Waals surface area contributed by atoms with Crippen molar-refractivity contribution in [2.45, 2.75) is 38.5 Å². The van der Waals surface area contributed by atoms with Gasteiger partial charge in [-0.1, -0.05) is 24.1 Å². The SMILES string of the molecule is Cc1cc(Cl)c(C(Cl)C2C3CCCC32)cc1C. The molecule has 3 rings (SSSR count). The lowest BCUT2D eigenvalue weighted by Gasteiger charge is -2.15. The number of hydrogen-bond acceptors (Lipinski definition) is 0. The molecular weight excluding hydrogens is 251 g/mol. The maximum Gasteiger partial charge on any atom is 0.0633 e. The lowest BCUT2D eigenvalue weighted by molar-refractivity contribution is 0.573. The van der Waals surface area contributed by atoms with Crippen molar-refractivity contribution in [1.29, 1.82) is 0 Å². The van der Waals surface area contributed by atoms with Gasteiger partial charge in [0.15, 0.2) is 0 Å². The Morgan fingerprint density at radius 2 is 1.71 bits per heavy atom. The molecule has 3 atom stereocenters. The van der Waals surface area contributed by atoms with Gasteiger partial charge in [0.1, 0.15) is 0 Å². The fourth-order valence-corrected chi connectivity index (χ4v) is 4.48. The van der Waals surface area contributed by atoms with Crippen molar-refractivity contribution in [3.8, 4) is 0 Å². The monoisotopic (exact) mass is 268 g/mol. The van der Waals surface area contributed by atoms with E-state index in [4.69, 9.17) is 23.2 Å². The molecule has 17 heavy (non-hydrogen) atoms. The number of alkyl halides is 1. The summed E-state index contributed by atoms with van der Waals surface area (Å²) in [5, 5.41) is 0.968. The van der Waals surface area contributed by atoms with Crippen molar-refractivity contribution in [2.24, 2.45) is 17.8 Å². The summed E-state index contributed by atoms with van der Waals surface area (Å²) in [6.07, 6.45) is 4.15. The minimum atomic E-state index is 0.122. The number of hydrogen-bond donors (Lipinski definition) is 0. The highest BCUT2D eigenvalue weighted by Gasteiger charge is 2.55. The van der Waals surface area contributed by atoms with Crippen molar-refractivity contribution in [3.63, 3.8) is 0 Å². The number of halogens is 2. The van der Waals surface area contributed by atoms with Crippen LogP contribution in [0, 0.1) is 31.6 Å². The molecule has 0 N–H and O–H groups in total. The van der Waals surface area contributed by atoms with E-state index in [9.17, 15) is 0 Å². The second-order valence-corrected chi connectivity index (χ2v) is 6.57. The van der Waals surface area contributed by atoms with Crippen LogP contribution in [-0.2, 0) is 0 Å². The molecule has 0 saturated heterocycles. The first-order valence-corrected chi connectivity index (χ1v) is 7.31. The van der Waals surface area contributed by atoms with Gasteiger partial charge in [-0.2, -0.15) is 0 Å². The summed E-state index contributed by atoms with van der Waals surface area (Å²) < 4.78 is 0. The quantitative estimate of drug-likeness (QED) is 0.640. The Bertz CT molecular complexity index is 442. The summed E-state index contributed by atoms with van der Waals surface area (Å²) in [6.45, 7) is 4.23. The summed E-state index contributed by atoms with van der Waals surface area (Å²) in [5.74, 6) is 2.45. The van der Waals surface area contributed by atoms with Gasteiger partial charge < -0.3 is 0 Å². The lowest BCUT2D eigenvalue weighted by Crippen LogP contribution is -2.01. The Hall–Kier alpha value is -0.200. The van der Waals surface area contributed by atoms with Crippen molar-refractivity contribution >= 4 is 23.2 Å². The molecule has 0 radical (unpaired) electrons. The van der Waals surface area contributed by atoms with Gasteiger partial charge in [-0.15, -0.1) is 11.6 Å². The van der Waals surface area contributed by atoms with Crippen LogP contribution in [0.1, 0.15) is 41.3 Å². The molecule has 2 saturated carbocycles. The van der Waals surface area contributed by atoms with Gasteiger partial charge in [-0.3, -0.25) is 0 Å². The highest BCUT2D eigenvalue weighted by Crippen LogP contribution is 2.64. The van der Waals surface area contributed by atoms with E-state index >= 15 is 0 Å². The number of rotatable bonds is 2. The zero-order valence-electron chi connectivity index (χ0n) is 10.3. The highest BCUT2D eigenvalue weighted by atomic mass is 35.5. The molecule has 2 aliphatic carbocycles. The summed E-state index contributed by atoms with van der Waals surface area (Å²) in [6, 6.07) is 4.24. The van der Waals surface area contributed by atoms with Crippen LogP contribution in [0.3, 0.4) is 0 Å². The van der Waals surface area contributed by atoms with Crippen molar-refractivity contribution in [2.75, 3.05) is 0 Å². The first kappa shape index (κ1) is 11.9. The van der Waals surface area contributed by atoms with Gasteiger partial charge in [0, 0.05) is 5.02 Å². The third-order valence-corrected chi connectivity index (χ3v) is 5.57. The maximum atomic E-state index is 6.65. The Morgan fingerprint density at radius 3 is 2.35 bits per heavy atom. The van der Waals surface area contributed by atoms with Gasteiger partial charge >= 0.3 is 0 Å². The van der Waals surface area contributed by atoms with Gasteiger partial charge in [-0.25, -0.2) is 0 Å². The highest BCUT2D eigenvalue weighted by molar-refractivity contribution is 6.33. The Labute approximate surface area is 113 Å². The standard InChI is InChI=1S/C15H18Cl2/c1-8-6-12(13(16)7-9(8)2)15(17)14-10-4-3-5-11(10)14/h6-7,10-11,14-15H,3-5H2,1-2H3. The normalized spacial score (nSPS) is 32.4. The molecule has 0 aromatic heterocycles. The van der Waals surface area contributed by atoms with Gasteiger partial charge in [0.25, 0.3) is 0 Å². The third kappa shape index (κ3) is 1.90. The fourth-order valence-electron chi connectivity index (χ4n) is 3.53. The molecular formula is C15H18Cl2. The molecule has 1 aromatic carbocycles. The number of fused-ring (bicyclic) bond motifs is 1. The van der Waals surface area contributed by atoms with Gasteiger partial charge in [-0.05, 0) is 67.2 Å². The summed E-state index contributed by atoms with van der Waals surface area (Å²) >= 11 is 13.0. The molecule has 0 bridgehead atoms. The average molecular weight is 269 g/mol. The molecule has 92 valence electrons. The van der Waals surface area contributed by atoms with E-state index in [2.05, 4.69) is 26.0 Å². The summed E-state index contributed by atoms with van der Waals surface area (Å²) in [4.78, 5) is 0. The van der Waals surface area contributed by atoms with Crippen LogP contribution in [0.15, 0.2) is 12.1 Å². The van der Waals surface area contributed by atoms with Crippen LogP contribution in [-0.4, -0.2) is 0 Å². The molecule has 2 aliphatic rings. The molecule has 2 heteroatoms. The molecule has 0 spiro atoms. The first-order valence-electron chi connectivity index (χ1n) is 6.50. The predicted octanol–water partition coefficient (Wildman–Crippen LogP) is 5.28. The Morgan fingerprint density at radius 1 is 1.12 bits per heavy atom.